The molecule has 1 aliphatic rings. The second-order valence-corrected chi connectivity index (χ2v) is 9.08. The van der Waals surface area contributed by atoms with Crippen LogP contribution >= 0.6 is 15.9 Å². The molecule has 144 valence electrons. The van der Waals surface area contributed by atoms with Crippen molar-refractivity contribution in [3.63, 3.8) is 0 Å². The van der Waals surface area contributed by atoms with Crippen molar-refractivity contribution in [3.05, 3.63) is 52.0 Å². The lowest BCUT2D eigenvalue weighted by atomic mass is 10.1. The van der Waals surface area contributed by atoms with E-state index in [-0.39, 0.29) is 23.4 Å². The van der Waals surface area contributed by atoms with E-state index in [9.17, 15) is 13.2 Å². The molecule has 0 unspecified atom stereocenters. The first-order chi connectivity index (χ1) is 12.7. The van der Waals surface area contributed by atoms with Crippen molar-refractivity contribution < 1.29 is 17.9 Å². The highest BCUT2D eigenvalue weighted by Gasteiger charge is 2.32. The first-order valence-electron chi connectivity index (χ1n) is 8.48. The van der Waals surface area contributed by atoms with Crippen LogP contribution in [0.3, 0.4) is 0 Å². The molecule has 1 aliphatic heterocycles. The Kier molecular flexibility index (Phi) is 5.60. The van der Waals surface area contributed by atoms with E-state index in [0.717, 1.165) is 11.1 Å². The maximum Gasteiger partial charge on any atom is 0.242 e. The van der Waals surface area contributed by atoms with E-state index in [1.807, 2.05) is 19.1 Å². The van der Waals surface area contributed by atoms with Crippen LogP contribution < -0.4 is 14.4 Å². The number of carbonyl (C=O) groups excluding carboxylic acids is 1. The monoisotopic (exact) mass is 452 g/mol. The summed E-state index contributed by atoms with van der Waals surface area (Å²) in [6, 6.07) is 10.6. The third-order valence-electron chi connectivity index (χ3n) is 4.62. The lowest BCUT2D eigenvalue weighted by Crippen LogP contribution is -2.33. The number of para-hydroxylation sites is 1. The lowest BCUT2D eigenvalue weighted by Gasteiger charge is -2.21. The topological polar surface area (TPSA) is 75.7 Å². The molecule has 0 aromatic heterocycles. The van der Waals surface area contributed by atoms with E-state index in [2.05, 4.69) is 20.7 Å². The molecule has 0 bridgehead atoms. The van der Waals surface area contributed by atoms with Gasteiger partial charge in [0.1, 0.15) is 5.75 Å². The second kappa shape index (κ2) is 7.61. The van der Waals surface area contributed by atoms with Crippen molar-refractivity contribution in [2.45, 2.75) is 37.8 Å². The van der Waals surface area contributed by atoms with Crippen molar-refractivity contribution in [1.29, 1.82) is 0 Å². The van der Waals surface area contributed by atoms with Crippen LogP contribution in [0.4, 0.5) is 5.69 Å². The first kappa shape index (κ1) is 19.9. The zero-order chi connectivity index (χ0) is 19.8. The number of methoxy groups -OCH3 is 1. The summed E-state index contributed by atoms with van der Waals surface area (Å²) in [6.07, 6.45) is 0.697. The number of hydrogen-bond acceptors (Lipinski definition) is 4. The average molecular weight is 453 g/mol. The fourth-order valence-electron chi connectivity index (χ4n) is 3.40. The number of benzene rings is 2. The van der Waals surface area contributed by atoms with Gasteiger partial charge in [0.05, 0.1) is 12.0 Å². The van der Waals surface area contributed by atoms with Gasteiger partial charge in [0.2, 0.25) is 15.9 Å². The molecule has 1 atom stereocenters. The predicted octanol–water partition coefficient (Wildman–Crippen LogP) is 3.23. The normalized spacial score (nSPS) is 16.3. The van der Waals surface area contributed by atoms with Crippen LogP contribution in [0.15, 0.2) is 45.8 Å². The molecule has 2 aromatic carbocycles. The van der Waals surface area contributed by atoms with E-state index < -0.39 is 10.0 Å². The van der Waals surface area contributed by atoms with Crippen LogP contribution in [0.1, 0.15) is 25.0 Å². The number of nitrogens with zero attached hydrogens (tertiary/aromatic N) is 1. The molecular formula is C19H21BrN2O4S. The Bertz CT molecular complexity index is 991. The number of carbonyl (C=O) groups is 1. The largest absolute Gasteiger partial charge is 0.496 e. The SMILES string of the molecule is COc1ccccc1CNS(=O)(=O)c1cc2c(cc1Br)C[C@H](C)N2C(C)=O. The van der Waals surface area contributed by atoms with Crippen molar-refractivity contribution in [1.82, 2.24) is 4.72 Å². The molecule has 0 radical (unpaired) electrons. The maximum atomic E-state index is 12.9. The van der Waals surface area contributed by atoms with Gasteiger partial charge in [0, 0.05) is 35.2 Å². The van der Waals surface area contributed by atoms with Crippen LogP contribution in [0, 0.1) is 0 Å². The van der Waals surface area contributed by atoms with Gasteiger partial charge >= 0.3 is 0 Å². The highest BCUT2D eigenvalue weighted by molar-refractivity contribution is 9.10. The van der Waals surface area contributed by atoms with E-state index in [1.54, 1.807) is 36.3 Å². The Labute approximate surface area is 167 Å². The fraction of sp³-hybridized carbons (Fsp3) is 0.316. The number of hydrogen-bond donors (Lipinski definition) is 1. The van der Waals surface area contributed by atoms with Gasteiger partial charge < -0.3 is 9.64 Å². The third kappa shape index (κ3) is 3.88. The summed E-state index contributed by atoms with van der Waals surface area (Å²) in [6.45, 7) is 3.54. The Morgan fingerprint density at radius 3 is 2.70 bits per heavy atom. The Morgan fingerprint density at radius 2 is 2.04 bits per heavy atom. The highest BCUT2D eigenvalue weighted by Crippen LogP contribution is 2.38. The lowest BCUT2D eigenvalue weighted by molar-refractivity contribution is -0.116. The minimum atomic E-state index is -3.79. The van der Waals surface area contributed by atoms with Crippen LogP contribution in [0.25, 0.3) is 0 Å². The number of anilines is 1. The molecule has 6 nitrogen and oxygen atoms in total. The zero-order valence-electron chi connectivity index (χ0n) is 15.3. The van der Waals surface area contributed by atoms with Gasteiger partial charge in [-0.25, -0.2) is 13.1 Å². The van der Waals surface area contributed by atoms with Crippen molar-refractivity contribution in [2.75, 3.05) is 12.0 Å². The summed E-state index contributed by atoms with van der Waals surface area (Å²) >= 11 is 3.37. The summed E-state index contributed by atoms with van der Waals surface area (Å²) in [5, 5.41) is 0. The maximum absolute atomic E-state index is 12.9. The van der Waals surface area contributed by atoms with Gasteiger partial charge in [-0.15, -0.1) is 0 Å². The van der Waals surface area contributed by atoms with Gasteiger partial charge in [-0.2, -0.15) is 0 Å². The van der Waals surface area contributed by atoms with Crippen LogP contribution in [0.5, 0.6) is 5.75 Å². The van der Waals surface area contributed by atoms with Gasteiger partial charge in [-0.1, -0.05) is 18.2 Å². The molecule has 1 amide bonds. The fourth-order valence-corrected chi connectivity index (χ4v) is 5.52. The molecule has 1 N–H and O–H groups in total. The van der Waals surface area contributed by atoms with Gasteiger partial charge in [-0.3, -0.25) is 4.79 Å². The van der Waals surface area contributed by atoms with E-state index in [0.29, 0.717) is 22.3 Å². The molecule has 8 heteroatoms. The molecule has 0 fully saturated rings. The summed E-state index contributed by atoms with van der Waals surface area (Å²) < 4.78 is 34.2. The molecule has 0 saturated heterocycles. The molecule has 0 spiro atoms. The summed E-state index contributed by atoms with van der Waals surface area (Å²) in [4.78, 5) is 13.7. The first-order valence-corrected chi connectivity index (χ1v) is 10.8. The number of ether oxygens (including phenoxy) is 1. The highest BCUT2D eigenvalue weighted by atomic mass is 79.9. The minimum Gasteiger partial charge on any atom is -0.496 e. The van der Waals surface area contributed by atoms with Gasteiger partial charge in [0.15, 0.2) is 0 Å². The van der Waals surface area contributed by atoms with Crippen molar-refractivity contribution >= 4 is 37.5 Å². The van der Waals surface area contributed by atoms with E-state index in [1.165, 1.54) is 6.92 Å². The smallest absolute Gasteiger partial charge is 0.242 e. The van der Waals surface area contributed by atoms with Crippen molar-refractivity contribution in [3.8, 4) is 5.75 Å². The summed E-state index contributed by atoms with van der Waals surface area (Å²) in [7, 11) is -2.25. The molecular weight excluding hydrogens is 432 g/mol. The van der Waals surface area contributed by atoms with Crippen molar-refractivity contribution in [2.24, 2.45) is 0 Å². The number of sulfonamides is 1. The van der Waals surface area contributed by atoms with E-state index >= 15 is 0 Å². The minimum absolute atomic E-state index is 0.00360. The Morgan fingerprint density at radius 1 is 1.33 bits per heavy atom. The zero-order valence-corrected chi connectivity index (χ0v) is 17.7. The third-order valence-corrected chi connectivity index (χ3v) is 6.98. The molecule has 1 heterocycles. The standard InChI is InChI=1S/C19H21BrN2O4S/c1-12-8-15-9-16(20)19(10-17(15)22(12)13(2)23)27(24,25)21-11-14-6-4-5-7-18(14)26-3/h4-7,9-10,12,21H,8,11H2,1-3H3/t12-/m0/s1. The Balaban J connectivity index is 1.92. The Hall–Kier alpha value is -1.90. The van der Waals surface area contributed by atoms with Crippen LogP contribution in [-0.2, 0) is 27.8 Å². The average Bonchev–Trinajstić information content (AvgIpc) is 2.94. The number of halogens is 1. The van der Waals surface area contributed by atoms with E-state index in [4.69, 9.17) is 4.74 Å². The van der Waals surface area contributed by atoms with Crippen LogP contribution in [0.2, 0.25) is 0 Å². The van der Waals surface area contributed by atoms with Crippen LogP contribution in [-0.4, -0.2) is 27.5 Å². The predicted molar refractivity (Wildman–Crippen MR) is 107 cm³/mol. The van der Waals surface area contributed by atoms with Gasteiger partial charge in [-0.05, 0) is 53.0 Å². The number of rotatable bonds is 5. The molecule has 27 heavy (non-hydrogen) atoms. The number of amides is 1. The molecule has 0 saturated carbocycles. The second-order valence-electron chi connectivity index (χ2n) is 6.49. The number of nitrogens with one attached hydrogen (secondary N) is 1. The van der Waals surface area contributed by atoms with Gasteiger partial charge in [0.25, 0.3) is 0 Å². The molecule has 0 aliphatic carbocycles. The quantitative estimate of drug-likeness (QED) is 0.755. The summed E-state index contributed by atoms with van der Waals surface area (Å²) in [5.41, 5.74) is 2.34. The molecule has 2 aromatic rings. The number of fused-ring (bicyclic) bond motifs is 1. The summed E-state index contributed by atoms with van der Waals surface area (Å²) in [5.74, 6) is 0.513. The molecule has 3 rings (SSSR count).